The maximum Gasteiger partial charge on any atom is 0.172 e. The summed E-state index contributed by atoms with van der Waals surface area (Å²) in [6.45, 7) is 5.82. The number of nitrogens with zero attached hydrogens (tertiary/aromatic N) is 1. The molecule has 2 aromatic rings. The van der Waals surface area contributed by atoms with Crippen LogP contribution in [0, 0.1) is 5.92 Å². The van der Waals surface area contributed by atoms with Gasteiger partial charge in [0.25, 0.3) is 0 Å². The molecule has 2 heterocycles. The van der Waals surface area contributed by atoms with Crippen molar-refractivity contribution < 1.29 is 4.79 Å². The number of fused-ring (bicyclic) bond motifs is 1. The number of Topliss-reactive ketones (excluding diaryl/α,β-unsaturated/α-hetero) is 1. The number of rotatable bonds is 8. The van der Waals surface area contributed by atoms with Gasteiger partial charge in [0.2, 0.25) is 0 Å². The molecular formula is C21H29NOS. The van der Waals surface area contributed by atoms with Gasteiger partial charge in [-0.2, -0.15) is 0 Å². The number of piperidine rings is 1. The lowest BCUT2D eigenvalue weighted by atomic mass is 9.91. The van der Waals surface area contributed by atoms with Crippen LogP contribution in [0.5, 0.6) is 0 Å². The smallest absolute Gasteiger partial charge is 0.172 e. The van der Waals surface area contributed by atoms with E-state index in [0.717, 1.165) is 23.8 Å². The Balaban J connectivity index is 1.39. The Morgan fingerprint density at radius 1 is 1.21 bits per heavy atom. The summed E-state index contributed by atoms with van der Waals surface area (Å²) in [5.74, 6) is 1.26. The molecule has 3 heteroatoms. The van der Waals surface area contributed by atoms with Gasteiger partial charge in [0.15, 0.2) is 5.78 Å². The molecule has 0 N–H and O–H groups in total. The highest BCUT2D eigenvalue weighted by atomic mass is 32.1. The molecule has 1 fully saturated rings. The second-order valence-corrected chi connectivity index (χ2v) is 8.19. The minimum Gasteiger partial charge on any atom is -0.303 e. The van der Waals surface area contributed by atoms with Crippen molar-refractivity contribution in [2.45, 2.75) is 51.9 Å². The van der Waals surface area contributed by atoms with Crippen LogP contribution < -0.4 is 0 Å². The number of unbranched alkanes of at least 4 members (excludes halogenated alkanes) is 1. The second kappa shape index (κ2) is 8.77. The fourth-order valence-corrected chi connectivity index (χ4v) is 4.73. The van der Waals surface area contributed by atoms with E-state index in [2.05, 4.69) is 30.0 Å². The monoisotopic (exact) mass is 343 g/mol. The van der Waals surface area contributed by atoms with Crippen LogP contribution in [0.3, 0.4) is 0 Å². The largest absolute Gasteiger partial charge is 0.303 e. The number of hydrogen-bond acceptors (Lipinski definition) is 3. The van der Waals surface area contributed by atoms with E-state index < -0.39 is 0 Å². The highest BCUT2D eigenvalue weighted by Crippen LogP contribution is 2.27. The molecule has 0 aliphatic carbocycles. The highest BCUT2D eigenvalue weighted by Gasteiger charge is 2.18. The zero-order chi connectivity index (χ0) is 16.8. The summed E-state index contributed by atoms with van der Waals surface area (Å²) >= 11 is 1.64. The van der Waals surface area contributed by atoms with Gasteiger partial charge < -0.3 is 4.90 Å². The number of carbonyl (C=O) groups is 1. The number of thiophene rings is 1. The Bertz CT molecular complexity index is 622. The molecule has 130 valence electrons. The van der Waals surface area contributed by atoms with Gasteiger partial charge in [0.1, 0.15) is 0 Å². The van der Waals surface area contributed by atoms with Crippen molar-refractivity contribution in [1.82, 2.24) is 4.90 Å². The van der Waals surface area contributed by atoms with Crippen LogP contribution in [-0.4, -0.2) is 30.3 Å². The molecule has 1 aromatic heterocycles. The van der Waals surface area contributed by atoms with E-state index in [1.165, 1.54) is 55.3 Å². The lowest BCUT2D eigenvalue weighted by molar-refractivity contribution is 0.0974. The lowest BCUT2D eigenvalue weighted by Crippen LogP contribution is -2.34. The number of ketones is 1. The highest BCUT2D eigenvalue weighted by molar-refractivity contribution is 7.20. The van der Waals surface area contributed by atoms with Crippen molar-refractivity contribution in [3.63, 3.8) is 0 Å². The molecule has 0 spiro atoms. The Labute approximate surface area is 149 Å². The number of carbonyl (C=O) groups excluding carboxylic acids is 1. The van der Waals surface area contributed by atoms with E-state index >= 15 is 0 Å². The Kier molecular flexibility index (Phi) is 6.44. The second-order valence-electron chi connectivity index (χ2n) is 7.10. The average Bonchev–Trinajstić information content (AvgIpc) is 3.05. The molecule has 1 aliphatic rings. The Morgan fingerprint density at radius 2 is 2.00 bits per heavy atom. The standard InChI is InChI=1S/C21H29NOS/c1-2-3-7-17-11-14-22(15-12-17)13-6-9-19(23)21-16-18-8-4-5-10-20(18)24-21/h4-5,8,10,16-17H,2-3,6-7,9,11-15H2,1H3. The van der Waals surface area contributed by atoms with E-state index in [1.54, 1.807) is 11.3 Å². The van der Waals surface area contributed by atoms with Crippen molar-refractivity contribution in [3.8, 4) is 0 Å². The third kappa shape index (κ3) is 4.67. The van der Waals surface area contributed by atoms with Gasteiger partial charge in [-0.1, -0.05) is 44.4 Å². The summed E-state index contributed by atoms with van der Waals surface area (Å²) in [6.07, 6.45) is 8.49. The van der Waals surface area contributed by atoms with Crippen LogP contribution >= 0.6 is 11.3 Å². The van der Waals surface area contributed by atoms with Gasteiger partial charge in [-0.05, 0) is 62.3 Å². The van der Waals surface area contributed by atoms with Crippen LogP contribution in [-0.2, 0) is 0 Å². The average molecular weight is 344 g/mol. The molecule has 0 radical (unpaired) electrons. The van der Waals surface area contributed by atoms with Crippen molar-refractivity contribution in [3.05, 3.63) is 35.2 Å². The van der Waals surface area contributed by atoms with Crippen molar-refractivity contribution in [1.29, 1.82) is 0 Å². The first-order valence-corrected chi connectivity index (χ1v) is 10.3. The maximum absolute atomic E-state index is 12.4. The third-order valence-electron chi connectivity index (χ3n) is 5.25. The van der Waals surface area contributed by atoms with Crippen molar-refractivity contribution in [2.75, 3.05) is 19.6 Å². The summed E-state index contributed by atoms with van der Waals surface area (Å²) in [5, 5.41) is 1.19. The molecule has 3 rings (SSSR count). The summed E-state index contributed by atoms with van der Waals surface area (Å²) in [7, 11) is 0. The topological polar surface area (TPSA) is 20.3 Å². The number of likely N-dealkylation sites (tertiary alicyclic amines) is 1. The van der Waals surface area contributed by atoms with Crippen molar-refractivity contribution >= 4 is 27.2 Å². The normalized spacial score (nSPS) is 16.7. The molecule has 0 amide bonds. The Hall–Kier alpha value is -1.19. The van der Waals surface area contributed by atoms with E-state index in [0.29, 0.717) is 12.2 Å². The van der Waals surface area contributed by atoms with Gasteiger partial charge in [-0.3, -0.25) is 4.79 Å². The predicted molar refractivity (Wildman–Crippen MR) is 104 cm³/mol. The molecule has 0 saturated carbocycles. The van der Waals surface area contributed by atoms with Crippen LogP contribution in [0.1, 0.15) is 61.5 Å². The van der Waals surface area contributed by atoms with E-state index in [1.807, 2.05) is 12.1 Å². The summed E-state index contributed by atoms with van der Waals surface area (Å²) in [5.41, 5.74) is 0. The summed E-state index contributed by atoms with van der Waals surface area (Å²) in [6, 6.07) is 10.3. The molecule has 0 bridgehead atoms. The van der Waals surface area contributed by atoms with Crippen LogP contribution in [0.15, 0.2) is 30.3 Å². The first-order valence-electron chi connectivity index (χ1n) is 9.50. The van der Waals surface area contributed by atoms with Crippen LogP contribution in [0.25, 0.3) is 10.1 Å². The molecule has 1 saturated heterocycles. The molecule has 1 aromatic carbocycles. The fraction of sp³-hybridized carbons (Fsp3) is 0.571. The summed E-state index contributed by atoms with van der Waals surface area (Å²) in [4.78, 5) is 15.9. The predicted octanol–water partition coefficient (Wildman–Crippen LogP) is 5.77. The molecule has 24 heavy (non-hydrogen) atoms. The van der Waals surface area contributed by atoms with Gasteiger partial charge in [-0.15, -0.1) is 11.3 Å². The zero-order valence-electron chi connectivity index (χ0n) is 14.8. The minimum absolute atomic E-state index is 0.314. The molecule has 2 nitrogen and oxygen atoms in total. The maximum atomic E-state index is 12.4. The Morgan fingerprint density at radius 3 is 2.75 bits per heavy atom. The van der Waals surface area contributed by atoms with Crippen LogP contribution in [0.4, 0.5) is 0 Å². The van der Waals surface area contributed by atoms with Gasteiger partial charge >= 0.3 is 0 Å². The fourth-order valence-electron chi connectivity index (χ4n) is 3.70. The molecule has 0 atom stereocenters. The number of hydrogen-bond donors (Lipinski definition) is 0. The van der Waals surface area contributed by atoms with Crippen LogP contribution in [0.2, 0.25) is 0 Å². The quantitative estimate of drug-likeness (QED) is 0.567. The molecular weight excluding hydrogens is 314 g/mol. The lowest BCUT2D eigenvalue weighted by Gasteiger charge is -2.31. The van der Waals surface area contributed by atoms with Crippen molar-refractivity contribution in [2.24, 2.45) is 5.92 Å². The minimum atomic E-state index is 0.314. The number of benzene rings is 1. The van der Waals surface area contributed by atoms with E-state index in [4.69, 9.17) is 0 Å². The summed E-state index contributed by atoms with van der Waals surface area (Å²) < 4.78 is 1.22. The third-order valence-corrected chi connectivity index (χ3v) is 6.41. The molecule has 0 unspecified atom stereocenters. The first-order chi connectivity index (χ1) is 11.8. The SMILES string of the molecule is CCCCC1CCN(CCCC(=O)c2cc3ccccc3s2)CC1. The zero-order valence-corrected chi connectivity index (χ0v) is 15.6. The van der Waals surface area contributed by atoms with Gasteiger partial charge in [-0.25, -0.2) is 0 Å². The first kappa shape index (κ1) is 17.6. The van der Waals surface area contributed by atoms with Gasteiger partial charge in [0.05, 0.1) is 4.88 Å². The van der Waals surface area contributed by atoms with Gasteiger partial charge in [0, 0.05) is 11.1 Å². The molecule has 1 aliphatic heterocycles. The van der Waals surface area contributed by atoms with E-state index in [9.17, 15) is 4.79 Å². The van der Waals surface area contributed by atoms with E-state index in [-0.39, 0.29) is 0 Å².